The number of nitrogens with zero attached hydrogens (tertiary/aromatic N) is 2. The lowest BCUT2D eigenvalue weighted by Gasteiger charge is -1.92. The number of thiophene rings is 1. The predicted molar refractivity (Wildman–Crippen MR) is 45.3 cm³/mol. The molecule has 1 heterocycles. The largest absolute Gasteiger partial charge is 0.197 e. The Labute approximate surface area is 74.7 Å². The van der Waals surface area contributed by atoms with E-state index >= 15 is 0 Å². The molecule has 2 rings (SSSR count). The van der Waals surface area contributed by atoms with Crippen LogP contribution in [-0.4, -0.2) is 0 Å². The summed E-state index contributed by atoms with van der Waals surface area (Å²) < 4.78 is 0. The Hall–Kier alpha value is -1.32. The van der Waals surface area contributed by atoms with Gasteiger partial charge in [0, 0.05) is 10.8 Å². The van der Waals surface area contributed by atoms with Crippen LogP contribution in [0.3, 0.4) is 0 Å². The first-order chi connectivity index (χ1) is 5.82. The second kappa shape index (κ2) is 2.33. The molecule has 0 N–H and O–H groups in total. The van der Waals surface area contributed by atoms with Gasteiger partial charge in [-0.1, -0.05) is 6.07 Å². The third-order valence-corrected chi connectivity index (χ3v) is 3.23. The molecule has 58 valence electrons. The van der Waals surface area contributed by atoms with E-state index in [1.54, 1.807) is 11.3 Å². The number of rotatable bonds is 1. The highest BCUT2D eigenvalue weighted by Crippen LogP contribution is 2.59. The first kappa shape index (κ1) is 7.34. The Kier molecular flexibility index (Phi) is 1.43. The molecule has 1 aliphatic rings. The standard InChI is InChI=1S/C9H6N2S/c10-5-9(6-11)4-7(9)8-2-1-3-12-8/h1-3,7H,4H2. The third kappa shape index (κ3) is 0.841. The Bertz CT molecular complexity index is 352. The van der Waals surface area contributed by atoms with Gasteiger partial charge in [-0.2, -0.15) is 10.5 Å². The van der Waals surface area contributed by atoms with E-state index in [0.29, 0.717) is 6.42 Å². The minimum absolute atomic E-state index is 0.174. The molecule has 0 aromatic carbocycles. The zero-order valence-electron chi connectivity index (χ0n) is 6.32. The molecular weight excluding hydrogens is 168 g/mol. The smallest absolute Gasteiger partial charge is 0.152 e. The molecule has 1 aromatic heterocycles. The van der Waals surface area contributed by atoms with Crippen LogP contribution in [0.2, 0.25) is 0 Å². The van der Waals surface area contributed by atoms with E-state index in [0.717, 1.165) is 4.88 Å². The summed E-state index contributed by atoms with van der Waals surface area (Å²) in [5, 5.41) is 19.5. The lowest BCUT2D eigenvalue weighted by atomic mass is 10.1. The van der Waals surface area contributed by atoms with Crippen molar-refractivity contribution in [3.63, 3.8) is 0 Å². The molecule has 2 nitrogen and oxygen atoms in total. The highest BCUT2D eigenvalue weighted by molar-refractivity contribution is 7.10. The number of nitriles is 2. The molecule has 1 aliphatic carbocycles. The van der Waals surface area contributed by atoms with E-state index in [9.17, 15) is 0 Å². The van der Waals surface area contributed by atoms with Crippen molar-refractivity contribution in [1.29, 1.82) is 10.5 Å². The minimum atomic E-state index is -0.704. The van der Waals surface area contributed by atoms with Crippen LogP contribution in [0, 0.1) is 28.1 Å². The quantitative estimate of drug-likeness (QED) is 0.655. The lowest BCUT2D eigenvalue weighted by Crippen LogP contribution is -1.93. The fourth-order valence-corrected chi connectivity index (χ4v) is 2.29. The monoisotopic (exact) mass is 174 g/mol. The van der Waals surface area contributed by atoms with Crippen LogP contribution in [0.1, 0.15) is 17.2 Å². The maximum Gasteiger partial charge on any atom is 0.152 e. The molecule has 12 heavy (non-hydrogen) atoms. The van der Waals surface area contributed by atoms with Crippen LogP contribution in [0.25, 0.3) is 0 Å². The fraction of sp³-hybridized carbons (Fsp3) is 0.333. The Morgan fingerprint density at radius 1 is 1.50 bits per heavy atom. The molecule has 1 unspecified atom stereocenters. The van der Waals surface area contributed by atoms with Crippen LogP contribution in [-0.2, 0) is 0 Å². The summed E-state index contributed by atoms with van der Waals surface area (Å²) in [6.07, 6.45) is 0.709. The maximum absolute atomic E-state index is 8.76. The van der Waals surface area contributed by atoms with E-state index in [2.05, 4.69) is 12.1 Å². The highest BCUT2D eigenvalue weighted by atomic mass is 32.1. The van der Waals surface area contributed by atoms with Crippen LogP contribution in [0.5, 0.6) is 0 Å². The van der Waals surface area contributed by atoms with Crippen molar-refractivity contribution < 1.29 is 0 Å². The molecule has 1 atom stereocenters. The van der Waals surface area contributed by atoms with E-state index in [1.165, 1.54) is 0 Å². The first-order valence-electron chi connectivity index (χ1n) is 3.68. The molecule has 3 heteroatoms. The van der Waals surface area contributed by atoms with E-state index in [1.807, 2.05) is 17.5 Å². The van der Waals surface area contributed by atoms with Crippen molar-refractivity contribution in [3.8, 4) is 12.1 Å². The molecule has 0 aliphatic heterocycles. The average molecular weight is 174 g/mol. The van der Waals surface area contributed by atoms with Gasteiger partial charge >= 0.3 is 0 Å². The van der Waals surface area contributed by atoms with E-state index in [4.69, 9.17) is 10.5 Å². The zero-order chi connectivity index (χ0) is 8.60. The van der Waals surface area contributed by atoms with Crippen LogP contribution in [0.4, 0.5) is 0 Å². The SMILES string of the molecule is N#CC1(C#N)CC1c1cccs1. The summed E-state index contributed by atoms with van der Waals surface area (Å²) in [5.41, 5.74) is -0.704. The van der Waals surface area contributed by atoms with Gasteiger partial charge in [0.1, 0.15) is 0 Å². The molecule has 0 bridgehead atoms. The summed E-state index contributed by atoms with van der Waals surface area (Å²) >= 11 is 1.62. The van der Waals surface area contributed by atoms with Crippen LogP contribution < -0.4 is 0 Å². The summed E-state index contributed by atoms with van der Waals surface area (Å²) in [5.74, 6) is 0.174. The van der Waals surface area contributed by atoms with Crippen molar-refractivity contribution in [2.24, 2.45) is 5.41 Å². The summed E-state index contributed by atoms with van der Waals surface area (Å²) in [6, 6.07) is 8.12. The summed E-state index contributed by atoms with van der Waals surface area (Å²) in [6.45, 7) is 0. The minimum Gasteiger partial charge on any atom is -0.197 e. The van der Waals surface area contributed by atoms with E-state index < -0.39 is 5.41 Å². The van der Waals surface area contributed by atoms with Crippen molar-refractivity contribution in [3.05, 3.63) is 22.4 Å². The molecule has 0 amide bonds. The van der Waals surface area contributed by atoms with Crippen LogP contribution in [0.15, 0.2) is 17.5 Å². The normalized spacial score (nSPS) is 24.0. The van der Waals surface area contributed by atoms with Gasteiger partial charge in [0.05, 0.1) is 12.1 Å². The third-order valence-electron chi connectivity index (χ3n) is 2.25. The van der Waals surface area contributed by atoms with Gasteiger partial charge in [-0.25, -0.2) is 0 Å². The van der Waals surface area contributed by atoms with Crippen LogP contribution >= 0.6 is 11.3 Å². The predicted octanol–water partition coefficient (Wildman–Crippen LogP) is 2.27. The van der Waals surface area contributed by atoms with Gasteiger partial charge in [0.2, 0.25) is 0 Å². The molecule has 0 spiro atoms. The highest BCUT2D eigenvalue weighted by Gasteiger charge is 2.57. The summed E-state index contributed by atoms with van der Waals surface area (Å²) in [7, 11) is 0. The fourth-order valence-electron chi connectivity index (χ4n) is 1.37. The molecule has 1 saturated carbocycles. The molecule has 1 aromatic rings. The van der Waals surface area contributed by atoms with Gasteiger partial charge in [-0.3, -0.25) is 0 Å². The second-order valence-corrected chi connectivity index (χ2v) is 3.95. The Balaban J connectivity index is 2.26. The van der Waals surface area contributed by atoms with Gasteiger partial charge < -0.3 is 0 Å². The number of hydrogen-bond acceptors (Lipinski definition) is 3. The number of hydrogen-bond donors (Lipinski definition) is 0. The topological polar surface area (TPSA) is 47.6 Å². The lowest BCUT2D eigenvalue weighted by molar-refractivity contribution is 0.849. The first-order valence-corrected chi connectivity index (χ1v) is 4.56. The van der Waals surface area contributed by atoms with Gasteiger partial charge in [0.25, 0.3) is 0 Å². The average Bonchev–Trinajstić information content (AvgIpc) is 2.59. The van der Waals surface area contributed by atoms with Gasteiger partial charge in [-0.05, 0) is 17.9 Å². The molecule has 0 saturated heterocycles. The molecular formula is C9H6N2S. The van der Waals surface area contributed by atoms with Crippen molar-refractivity contribution >= 4 is 11.3 Å². The Morgan fingerprint density at radius 3 is 2.67 bits per heavy atom. The van der Waals surface area contributed by atoms with Crippen molar-refractivity contribution in [2.75, 3.05) is 0 Å². The summed E-state index contributed by atoms with van der Waals surface area (Å²) in [4.78, 5) is 1.16. The van der Waals surface area contributed by atoms with E-state index in [-0.39, 0.29) is 5.92 Å². The molecule has 0 radical (unpaired) electrons. The van der Waals surface area contributed by atoms with Gasteiger partial charge in [0.15, 0.2) is 5.41 Å². The molecule has 1 fully saturated rings. The zero-order valence-corrected chi connectivity index (χ0v) is 7.14. The van der Waals surface area contributed by atoms with Crippen molar-refractivity contribution in [2.45, 2.75) is 12.3 Å². The van der Waals surface area contributed by atoms with Gasteiger partial charge in [-0.15, -0.1) is 11.3 Å². The Morgan fingerprint density at radius 2 is 2.25 bits per heavy atom. The second-order valence-electron chi connectivity index (χ2n) is 2.97. The van der Waals surface area contributed by atoms with Crippen molar-refractivity contribution in [1.82, 2.24) is 0 Å². The maximum atomic E-state index is 8.76.